The molecule has 0 heterocycles. The number of hydrogen-bond donors (Lipinski definition) is 0. The Morgan fingerprint density at radius 3 is 1.57 bits per heavy atom. The van der Waals surface area contributed by atoms with E-state index in [1.54, 1.807) is 0 Å². The van der Waals surface area contributed by atoms with Gasteiger partial charge in [-0.2, -0.15) is 0 Å². The van der Waals surface area contributed by atoms with Crippen LogP contribution in [0.4, 0.5) is 0 Å². The zero-order valence-electron chi connectivity index (χ0n) is 12.4. The first-order chi connectivity index (χ1) is 10.3. The Bertz CT molecular complexity index is 676. The lowest BCUT2D eigenvalue weighted by atomic mass is 9.99. The molecule has 0 aliphatic rings. The summed E-state index contributed by atoms with van der Waals surface area (Å²) in [6.45, 7) is 2.19. The molecule has 3 aromatic rings. The van der Waals surface area contributed by atoms with Gasteiger partial charge in [-0.15, -0.1) is 0 Å². The first-order valence-corrected chi connectivity index (χ1v) is 7.57. The normalized spacial score (nSPS) is 10.5. The summed E-state index contributed by atoms with van der Waals surface area (Å²) in [7, 11) is 0. The van der Waals surface area contributed by atoms with Crippen molar-refractivity contribution in [3.63, 3.8) is 0 Å². The molecular formula is C21H20. The second-order valence-corrected chi connectivity index (χ2v) is 5.41. The van der Waals surface area contributed by atoms with E-state index in [2.05, 4.69) is 85.8 Å². The van der Waals surface area contributed by atoms with Gasteiger partial charge in [-0.25, -0.2) is 0 Å². The van der Waals surface area contributed by atoms with Crippen LogP contribution >= 0.6 is 0 Å². The van der Waals surface area contributed by atoms with E-state index in [9.17, 15) is 0 Å². The lowest BCUT2D eigenvalue weighted by Gasteiger charge is -2.06. The minimum atomic E-state index is 0.999. The Kier molecular flexibility index (Phi) is 4.16. The fraction of sp³-hybridized carbons (Fsp3) is 0.143. The number of benzene rings is 3. The van der Waals surface area contributed by atoms with Crippen molar-refractivity contribution in [1.29, 1.82) is 0 Å². The number of hydrogen-bond acceptors (Lipinski definition) is 0. The monoisotopic (exact) mass is 272 g/mol. The molecule has 0 aromatic heterocycles. The van der Waals surface area contributed by atoms with E-state index in [0.717, 1.165) is 12.8 Å². The van der Waals surface area contributed by atoms with E-state index in [-0.39, 0.29) is 0 Å². The Hall–Kier alpha value is -2.34. The van der Waals surface area contributed by atoms with Gasteiger partial charge in [0.2, 0.25) is 0 Å². The topological polar surface area (TPSA) is 0 Å². The summed E-state index contributed by atoms with van der Waals surface area (Å²) in [5.74, 6) is 0. The van der Waals surface area contributed by atoms with Gasteiger partial charge in [0, 0.05) is 0 Å². The van der Waals surface area contributed by atoms with Crippen LogP contribution in [0.3, 0.4) is 0 Å². The summed E-state index contributed by atoms with van der Waals surface area (Å²) >= 11 is 0. The second kappa shape index (κ2) is 6.41. The highest BCUT2D eigenvalue weighted by Gasteiger charge is 1.99. The molecule has 0 fully saturated rings. The van der Waals surface area contributed by atoms with Crippen LogP contribution in [-0.4, -0.2) is 0 Å². The minimum Gasteiger partial charge on any atom is -0.0622 e. The third kappa shape index (κ3) is 3.41. The minimum absolute atomic E-state index is 0.999. The average Bonchev–Trinajstić information content (AvgIpc) is 2.57. The van der Waals surface area contributed by atoms with Crippen LogP contribution in [0.15, 0.2) is 78.9 Å². The molecule has 3 rings (SSSR count). The predicted octanol–water partition coefficient (Wildman–Crippen LogP) is 5.51. The summed E-state index contributed by atoms with van der Waals surface area (Å²) in [5, 5.41) is 0. The van der Waals surface area contributed by atoms with Crippen molar-refractivity contribution < 1.29 is 0 Å². The summed E-state index contributed by atoms with van der Waals surface area (Å²) in [4.78, 5) is 0. The Morgan fingerprint density at radius 1 is 0.524 bits per heavy atom. The molecule has 0 N–H and O–H groups in total. The summed E-state index contributed by atoms with van der Waals surface area (Å²) in [6.07, 6.45) is 2.10. The van der Waals surface area contributed by atoms with E-state index >= 15 is 0 Å². The summed E-state index contributed by atoms with van der Waals surface area (Å²) in [6, 6.07) is 28.4. The summed E-state index contributed by atoms with van der Waals surface area (Å²) < 4.78 is 0. The molecule has 0 heteroatoms. The molecule has 0 aliphatic heterocycles. The maximum absolute atomic E-state index is 2.24. The maximum atomic E-state index is 2.24. The lowest BCUT2D eigenvalue weighted by molar-refractivity contribution is 1.12. The molecule has 0 atom stereocenters. The molecule has 0 nitrogen and oxygen atoms in total. The molecule has 0 bridgehead atoms. The van der Waals surface area contributed by atoms with E-state index in [4.69, 9.17) is 0 Å². The predicted molar refractivity (Wildman–Crippen MR) is 90.5 cm³/mol. The first kappa shape index (κ1) is 13.6. The number of rotatable bonds is 4. The Labute approximate surface area is 127 Å². The van der Waals surface area contributed by atoms with Crippen molar-refractivity contribution in [2.24, 2.45) is 0 Å². The molecule has 0 saturated heterocycles. The zero-order chi connectivity index (χ0) is 14.5. The van der Waals surface area contributed by atoms with Crippen molar-refractivity contribution >= 4 is 0 Å². The van der Waals surface area contributed by atoms with Crippen LogP contribution in [0.2, 0.25) is 0 Å². The van der Waals surface area contributed by atoms with Crippen molar-refractivity contribution in [3.8, 4) is 11.1 Å². The van der Waals surface area contributed by atoms with E-state index < -0.39 is 0 Å². The van der Waals surface area contributed by atoms with Crippen LogP contribution in [-0.2, 0) is 12.8 Å². The highest BCUT2D eigenvalue weighted by atomic mass is 14.0. The molecule has 0 radical (unpaired) electrons. The largest absolute Gasteiger partial charge is 0.0622 e. The van der Waals surface area contributed by atoms with Gasteiger partial charge in [0.05, 0.1) is 0 Å². The van der Waals surface area contributed by atoms with Crippen molar-refractivity contribution in [1.82, 2.24) is 0 Å². The fourth-order valence-corrected chi connectivity index (χ4v) is 2.57. The molecule has 0 unspecified atom stereocenters. The van der Waals surface area contributed by atoms with Gasteiger partial charge in [0.25, 0.3) is 0 Å². The van der Waals surface area contributed by atoms with Crippen LogP contribution < -0.4 is 0 Å². The van der Waals surface area contributed by atoms with Crippen LogP contribution in [0.1, 0.15) is 23.6 Å². The summed E-state index contributed by atoms with van der Waals surface area (Å²) in [5.41, 5.74) is 6.69. The second-order valence-electron chi connectivity index (χ2n) is 5.41. The molecule has 0 aliphatic carbocycles. The van der Waals surface area contributed by atoms with Crippen LogP contribution in [0.25, 0.3) is 11.1 Å². The van der Waals surface area contributed by atoms with Gasteiger partial charge in [0.15, 0.2) is 0 Å². The molecule has 0 saturated carbocycles. The third-order valence-corrected chi connectivity index (χ3v) is 3.90. The molecular weight excluding hydrogens is 252 g/mol. The first-order valence-electron chi connectivity index (χ1n) is 7.57. The molecule has 0 spiro atoms. The van der Waals surface area contributed by atoms with Gasteiger partial charge >= 0.3 is 0 Å². The van der Waals surface area contributed by atoms with Crippen LogP contribution in [0.5, 0.6) is 0 Å². The SMILES string of the molecule is CCc1ccc(Cc2ccc(-c3ccccc3)cc2)cc1. The van der Waals surface area contributed by atoms with Gasteiger partial charge < -0.3 is 0 Å². The van der Waals surface area contributed by atoms with Crippen LogP contribution in [0, 0.1) is 0 Å². The smallest absolute Gasteiger partial charge is 0.00258 e. The highest BCUT2D eigenvalue weighted by molar-refractivity contribution is 5.63. The molecule has 104 valence electrons. The molecule has 21 heavy (non-hydrogen) atoms. The van der Waals surface area contributed by atoms with Gasteiger partial charge in [-0.05, 0) is 40.7 Å². The quantitative estimate of drug-likeness (QED) is 0.587. The van der Waals surface area contributed by atoms with Gasteiger partial charge in [-0.1, -0.05) is 85.8 Å². The molecule has 3 aromatic carbocycles. The van der Waals surface area contributed by atoms with E-state index in [0.29, 0.717) is 0 Å². The van der Waals surface area contributed by atoms with Crippen molar-refractivity contribution in [3.05, 3.63) is 95.6 Å². The molecule has 0 amide bonds. The van der Waals surface area contributed by atoms with E-state index in [1.807, 2.05) is 0 Å². The van der Waals surface area contributed by atoms with Gasteiger partial charge in [0.1, 0.15) is 0 Å². The highest BCUT2D eigenvalue weighted by Crippen LogP contribution is 2.20. The average molecular weight is 272 g/mol. The van der Waals surface area contributed by atoms with Gasteiger partial charge in [-0.3, -0.25) is 0 Å². The standard InChI is InChI=1S/C21H20/c1-2-17-8-10-18(11-9-17)16-19-12-14-21(15-13-19)20-6-4-3-5-7-20/h3-15H,2,16H2,1H3. The van der Waals surface area contributed by atoms with E-state index in [1.165, 1.54) is 27.8 Å². The Morgan fingerprint density at radius 2 is 1.00 bits per heavy atom. The maximum Gasteiger partial charge on any atom is -0.00258 e. The van der Waals surface area contributed by atoms with Crippen molar-refractivity contribution in [2.45, 2.75) is 19.8 Å². The van der Waals surface area contributed by atoms with Crippen molar-refractivity contribution in [2.75, 3.05) is 0 Å². The Balaban J connectivity index is 1.75. The third-order valence-electron chi connectivity index (χ3n) is 3.90. The lowest BCUT2D eigenvalue weighted by Crippen LogP contribution is -1.89. The fourth-order valence-electron chi connectivity index (χ4n) is 2.57. The number of aryl methyl sites for hydroxylation is 1. The zero-order valence-corrected chi connectivity index (χ0v) is 12.4.